The van der Waals surface area contributed by atoms with E-state index in [1.165, 1.54) is 11.6 Å². The number of carbonyl (C=O) groups excluding carboxylic acids is 1. The molecule has 0 aliphatic heterocycles. The number of ketones is 1. The lowest BCUT2D eigenvalue weighted by molar-refractivity contribution is -0.114. The average molecular weight is 235 g/mol. The van der Waals surface area contributed by atoms with E-state index in [1.54, 1.807) is 0 Å². The van der Waals surface area contributed by atoms with E-state index in [4.69, 9.17) is 11.6 Å². The van der Waals surface area contributed by atoms with Gasteiger partial charge in [-0.25, -0.2) is 0 Å². The molecule has 1 aliphatic rings. The number of hydrogen-bond acceptors (Lipinski definition) is 1. The van der Waals surface area contributed by atoms with Crippen molar-refractivity contribution in [3.8, 4) is 0 Å². The van der Waals surface area contributed by atoms with Crippen molar-refractivity contribution in [1.82, 2.24) is 0 Å². The first-order valence-electron chi connectivity index (χ1n) is 5.42. The number of allylic oxidation sites excluding steroid dienone is 1. The topological polar surface area (TPSA) is 17.1 Å². The zero-order valence-electron chi connectivity index (χ0n) is 9.80. The first-order valence-corrected chi connectivity index (χ1v) is 5.79. The van der Waals surface area contributed by atoms with Crippen LogP contribution >= 0.6 is 11.6 Å². The van der Waals surface area contributed by atoms with Crippen LogP contribution in [0.5, 0.6) is 0 Å². The van der Waals surface area contributed by atoms with E-state index in [0.29, 0.717) is 11.5 Å². The van der Waals surface area contributed by atoms with E-state index in [9.17, 15) is 4.79 Å². The summed E-state index contributed by atoms with van der Waals surface area (Å²) in [7, 11) is 0. The minimum absolute atomic E-state index is 0.0843. The Labute approximate surface area is 101 Å². The van der Waals surface area contributed by atoms with Crippen LogP contribution in [0, 0.1) is 0 Å². The first-order chi connectivity index (χ1) is 7.38. The lowest BCUT2D eigenvalue weighted by atomic mass is 9.83. The lowest BCUT2D eigenvalue weighted by Gasteiger charge is -2.22. The molecule has 0 saturated carbocycles. The normalized spacial score (nSPS) is 15.8. The number of halogens is 1. The zero-order chi connectivity index (χ0) is 11.9. The second-order valence-corrected chi connectivity index (χ2v) is 5.66. The van der Waals surface area contributed by atoms with Crippen LogP contribution in [0.1, 0.15) is 37.5 Å². The zero-order valence-corrected chi connectivity index (χ0v) is 10.6. The van der Waals surface area contributed by atoms with Gasteiger partial charge in [0.2, 0.25) is 0 Å². The molecular formula is C14H15ClO. The summed E-state index contributed by atoms with van der Waals surface area (Å²) in [6, 6.07) is 6.20. The fourth-order valence-electron chi connectivity index (χ4n) is 1.88. The van der Waals surface area contributed by atoms with Gasteiger partial charge in [-0.2, -0.15) is 0 Å². The molecule has 1 aromatic carbocycles. The summed E-state index contributed by atoms with van der Waals surface area (Å²) in [5.41, 5.74) is 3.39. The van der Waals surface area contributed by atoms with Gasteiger partial charge >= 0.3 is 0 Å². The van der Waals surface area contributed by atoms with E-state index in [1.807, 2.05) is 6.07 Å². The minimum atomic E-state index is 0.0843. The van der Waals surface area contributed by atoms with E-state index in [2.05, 4.69) is 32.9 Å². The Morgan fingerprint density at radius 1 is 1.25 bits per heavy atom. The third kappa shape index (κ3) is 2.05. The van der Waals surface area contributed by atoms with Crippen LogP contribution in [0.4, 0.5) is 0 Å². The average Bonchev–Trinajstić information content (AvgIpc) is 2.15. The molecule has 0 fully saturated rings. The van der Waals surface area contributed by atoms with Crippen molar-refractivity contribution >= 4 is 22.4 Å². The summed E-state index contributed by atoms with van der Waals surface area (Å²) in [5, 5.41) is 0.567. The summed E-state index contributed by atoms with van der Waals surface area (Å²) in [5.74, 6) is 0.0843. The predicted octanol–water partition coefficient (Wildman–Crippen LogP) is 3.69. The quantitative estimate of drug-likeness (QED) is 0.669. The molecule has 0 bridgehead atoms. The SMILES string of the molecule is CC(C)(C)c1ccc2c(c1)C(Cl)=CC(=O)C2. The number of fused-ring (bicyclic) bond motifs is 1. The fraction of sp³-hybridized carbons (Fsp3) is 0.357. The van der Waals surface area contributed by atoms with Gasteiger partial charge in [0, 0.05) is 12.5 Å². The molecule has 0 N–H and O–H groups in total. The molecular weight excluding hydrogens is 220 g/mol. The Kier molecular flexibility index (Phi) is 2.67. The van der Waals surface area contributed by atoms with Gasteiger partial charge in [-0.3, -0.25) is 4.79 Å². The summed E-state index contributed by atoms with van der Waals surface area (Å²) < 4.78 is 0. The van der Waals surface area contributed by atoms with Gasteiger partial charge in [-0.15, -0.1) is 0 Å². The van der Waals surface area contributed by atoms with Crippen LogP contribution in [0.3, 0.4) is 0 Å². The van der Waals surface area contributed by atoms with Crippen LogP contribution < -0.4 is 0 Å². The van der Waals surface area contributed by atoms with Gasteiger partial charge in [0.1, 0.15) is 0 Å². The number of benzene rings is 1. The molecule has 84 valence electrons. The third-order valence-corrected chi connectivity index (χ3v) is 3.20. The van der Waals surface area contributed by atoms with Gasteiger partial charge in [-0.1, -0.05) is 44.5 Å². The Morgan fingerprint density at radius 2 is 1.94 bits per heavy atom. The molecule has 2 heteroatoms. The maximum Gasteiger partial charge on any atom is 0.161 e. The van der Waals surface area contributed by atoms with Gasteiger partial charge in [-0.05, 0) is 28.2 Å². The molecule has 0 heterocycles. The first kappa shape index (κ1) is 11.4. The van der Waals surface area contributed by atoms with Gasteiger partial charge < -0.3 is 0 Å². The Morgan fingerprint density at radius 3 is 2.56 bits per heavy atom. The van der Waals surface area contributed by atoms with Crippen molar-refractivity contribution in [1.29, 1.82) is 0 Å². The predicted molar refractivity (Wildman–Crippen MR) is 67.7 cm³/mol. The minimum Gasteiger partial charge on any atom is -0.294 e. The maximum atomic E-state index is 11.4. The monoisotopic (exact) mass is 234 g/mol. The fourth-order valence-corrected chi connectivity index (χ4v) is 2.17. The van der Waals surface area contributed by atoms with Gasteiger partial charge in [0.05, 0.1) is 5.03 Å². The molecule has 0 saturated heterocycles. The molecule has 16 heavy (non-hydrogen) atoms. The van der Waals surface area contributed by atoms with Crippen molar-refractivity contribution < 1.29 is 4.79 Å². The Hall–Kier alpha value is -1.08. The summed E-state index contributed by atoms with van der Waals surface area (Å²) in [4.78, 5) is 11.4. The van der Waals surface area contributed by atoms with E-state index in [-0.39, 0.29) is 11.2 Å². The van der Waals surface area contributed by atoms with Crippen molar-refractivity contribution in [2.45, 2.75) is 32.6 Å². The van der Waals surface area contributed by atoms with Crippen LogP contribution in [-0.4, -0.2) is 5.78 Å². The summed E-state index contributed by atoms with van der Waals surface area (Å²) in [6.45, 7) is 6.50. The maximum absolute atomic E-state index is 11.4. The van der Waals surface area contributed by atoms with Crippen LogP contribution in [0.15, 0.2) is 24.3 Å². The standard InChI is InChI=1S/C14H15ClO/c1-14(2,3)10-5-4-9-6-11(16)8-13(15)12(9)7-10/h4-5,7-8H,6H2,1-3H3. The van der Waals surface area contributed by atoms with E-state index < -0.39 is 0 Å². The Balaban J connectivity index is 2.54. The van der Waals surface area contributed by atoms with Crippen molar-refractivity contribution in [2.75, 3.05) is 0 Å². The third-order valence-electron chi connectivity index (χ3n) is 2.89. The molecule has 2 rings (SSSR count). The largest absolute Gasteiger partial charge is 0.294 e. The lowest BCUT2D eigenvalue weighted by Crippen LogP contribution is -2.14. The molecule has 0 radical (unpaired) electrons. The number of carbonyl (C=O) groups is 1. The molecule has 0 aromatic heterocycles. The van der Waals surface area contributed by atoms with E-state index >= 15 is 0 Å². The number of rotatable bonds is 0. The molecule has 1 aliphatic carbocycles. The van der Waals surface area contributed by atoms with Crippen molar-refractivity contribution in [2.24, 2.45) is 0 Å². The molecule has 0 spiro atoms. The van der Waals surface area contributed by atoms with Gasteiger partial charge in [0.25, 0.3) is 0 Å². The van der Waals surface area contributed by atoms with Gasteiger partial charge in [0.15, 0.2) is 5.78 Å². The molecule has 0 amide bonds. The Bertz CT molecular complexity index is 478. The van der Waals surface area contributed by atoms with Crippen LogP contribution in [-0.2, 0) is 16.6 Å². The second kappa shape index (κ2) is 3.74. The molecule has 1 aromatic rings. The van der Waals surface area contributed by atoms with Crippen molar-refractivity contribution in [3.63, 3.8) is 0 Å². The van der Waals surface area contributed by atoms with E-state index in [0.717, 1.165) is 11.1 Å². The molecule has 0 atom stereocenters. The molecule has 0 unspecified atom stereocenters. The molecule has 1 nitrogen and oxygen atoms in total. The highest BCUT2D eigenvalue weighted by atomic mass is 35.5. The summed E-state index contributed by atoms with van der Waals surface area (Å²) in [6.07, 6.45) is 1.99. The van der Waals surface area contributed by atoms with Crippen LogP contribution in [0.25, 0.3) is 5.03 Å². The number of hydrogen-bond donors (Lipinski definition) is 0. The van der Waals surface area contributed by atoms with Crippen LogP contribution in [0.2, 0.25) is 0 Å². The highest BCUT2D eigenvalue weighted by Crippen LogP contribution is 2.32. The smallest absolute Gasteiger partial charge is 0.161 e. The highest BCUT2D eigenvalue weighted by molar-refractivity contribution is 6.50. The second-order valence-electron chi connectivity index (χ2n) is 5.26. The summed E-state index contributed by atoms with van der Waals surface area (Å²) >= 11 is 6.10. The van der Waals surface area contributed by atoms with Crippen molar-refractivity contribution in [3.05, 3.63) is 41.0 Å². The highest BCUT2D eigenvalue weighted by Gasteiger charge is 2.20.